The van der Waals surface area contributed by atoms with Crippen LogP contribution in [0.1, 0.15) is 42.0 Å². The fraction of sp³-hybridized carbons (Fsp3) is 0.174. The number of amides is 1. The summed E-state index contributed by atoms with van der Waals surface area (Å²) in [6, 6.07) is 30.5. The Kier molecular flexibility index (Phi) is 5.63. The molecular formula is C23H23NO. The summed E-state index contributed by atoms with van der Waals surface area (Å²) in [5.41, 5.74) is 3.44. The summed E-state index contributed by atoms with van der Waals surface area (Å²) in [5, 5.41) is 3.13. The normalized spacial score (nSPS) is 11.9. The summed E-state index contributed by atoms with van der Waals surface area (Å²) in [5.74, 6) is 0.124. The number of benzene rings is 3. The first-order valence-electron chi connectivity index (χ1n) is 8.68. The summed E-state index contributed by atoms with van der Waals surface area (Å²) in [4.78, 5) is 12.7. The molecular weight excluding hydrogens is 306 g/mol. The van der Waals surface area contributed by atoms with Crippen LogP contribution in [-0.2, 0) is 4.79 Å². The Bertz CT molecular complexity index is 745. The summed E-state index contributed by atoms with van der Waals surface area (Å²) in [7, 11) is 0. The number of rotatable bonds is 6. The van der Waals surface area contributed by atoms with E-state index < -0.39 is 0 Å². The lowest BCUT2D eigenvalue weighted by atomic mass is 9.88. The smallest absolute Gasteiger partial charge is 0.221 e. The minimum absolute atomic E-state index is 0.000830. The first-order valence-corrected chi connectivity index (χ1v) is 8.68. The van der Waals surface area contributed by atoms with Crippen LogP contribution in [-0.4, -0.2) is 5.91 Å². The topological polar surface area (TPSA) is 29.1 Å². The fourth-order valence-corrected chi connectivity index (χ4v) is 3.11. The third kappa shape index (κ3) is 4.57. The lowest BCUT2D eigenvalue weighted by molar-refractivity contribution is -0.121. The van der Waals surface area contributed by atoms with Gasteiger partial charge in [0.25, 0.3) is 0 Å². The van der Waals surface area contributed by atoms with Crippen LogP contribution in [0.15, 0.2) is 91.0 Å². The molecule has 1 atom stereocenters. The van der Waals surface area contributed by atoms with Crippen molar-refractivity contribution in [1.82, 2.24) is 5.32 Å². The van der Waals surface area contributed by atoms with Crippen molar-refractivity contribution in [2.45, 2.75) is 25.3 Å². The quantitative estimate of drug-likeness (QED) is 0.671. The van der Waals surface area contributed by atoms with Gasteiger partial charge in [0.2, 0.25) is 5.91 Å². The molecule has 2 nitrogen and oxygen atoms in total. The second-order valence-corrected chi connectivity index (χ2v) is 6.28. The molecule has 0 spiro atoms. The molecule has 3 rings (SSSR count). The van der Waals surface area contributed by atoms with Gasteiger partial charge in [-0.05, 0) is 23.6 Å². The average molecular weight is 329 g/mol. The molecule has 0 saturated carbocycles. The zero-order valence-electron chi connectivity index (χ0n) is 14.4. The van der Waals surface area contributed by atoms with Gasteiger partial charge in [-0.25, -0.2) is 0 Å². The Morgan fingerprint density at radius 3 is 1.56 bits per heavy atom. The monoisotopic (exact) mass is 329 g/mol. The van der Waals surface area contributed by atoms with Gasteiger partial charge in [-0.2, -0.15) is 0 Å². The molecule has 0 heterocycles. The van der Waals surface area contributed by atoms with Crippen molar-refractivity contribution in [3.63, 3.8) is 0 Å². The van der Waals surface area contributed by atoms with Gasteiger partial charge in [-0.15, -0.1) is 0 Å². The third-order valence-electron chi connectivity index (χ3n) is 4.47. The molecule has 25 heavy (non-hydrogen) atoms. The zero-order chi connectivity index (χ0) is 17.5. The van der Waals surface area contributed by atoms with Gasteiger partial charge in [0.1, 0.15) is 0 Å². The summed E-state index contributed by atoms with van der Waals surface area (Å²) < 4.78 is 0. The Morgan fingerprint density at radius 2 is 1.12 bits per heavy atom. The molecule has 0 bridgehead atoms. The van der Waals surface area contributed by atoms with E-state index in [1.807, 2.05) is 73.7 Å². The van der Waals surface area contributed by atoms with Crippen LogP contribution in [0.25, 0.3) is 0 Å². The Hall–Kier alpha value is -2.87. The van der Waals surface area contributed by atoms with Crippen molar-refractivity contribution in [2.75, 3.05) is 0 Å². The van der Waals surface area contributed by atoms with E-state index in [4.69, 9.17) is 0 Å². The largest absolute Gasteiger partial charge is 0.350 e. The molecule has 0 saturated heterocycles. The van der Waals surface area contributed by atoms with Crippen LogP contribution in [0.5, 0.6) is 0 Å². The summed E-state index contributed by atoms with van der Waals surface area (Å²) in [6.45, 7) is 2.02. The number of hydrogen-bond acceptors (Lipinski definition) is 1. The van der Waals surface area contributed by atoms with Crippen LogP contribution in [0.4, 0.5) is 0 Å². The van der Waals surface area contributed by atoms with Crippen LogP contribution in [0.2, 0.25) is 0 Å². The number of carbonyl (C=O) groups excluding carboxylic acids is 1. The maximum atomic E-state index is 12.7. The van der Waals surface area contributed by atoms with E-state index in [0.717, 1.165) is 16.7 Å². The van der Waals surface area contributed by atoms with Gasteiger partial charge in [0.15, 0.2) is 0 Å². The van der Waals surface area contributed by atoms with Crippen LogP contribution in [0, 0.1) is 0 Å². The van der Waals surface area contributed by atoms with Crippen molar-refractivity contribution in [1.29, 1.82) is 0 Å². The van der Waals surface area contributed by atoms with Gasteiger partial charge in [-0.1, -0.05) is 91.0 Å². The van der Waals surface area contributed by atoms with E-state index in [2.05, 4.69) is 29.6 Å². The van der Waals surface area contributed by atoms with E-state index in [1.165, 1.54) is 0 Å². The molecule has 0 radical (unpaired) electrons. The average Bonchev–Trinajstić information content (AvgIpc) is 2.68. The SMILES string of the molecule is CC(NC(=O)CC(c1ccccc1)c1ccccc1)c1ccccc1. The standard InChI is InChI=1S/C23H23NO/c1-18(19-11-5-2-6-12-19)24-23(25)17-22(20-13-7-3-8-14-20)21-15-9-4-10-16-21/h2-16,18,22H,17H2,1H3,(H,24,25). The predicted molar refractivity (Wildman–Crippen MR) is 102 cm³/mol. The van der Waals surface area contributed by atoms with Crippen molar-refractivity contribution < 1.29 is 4.79 Å². The number of nitrogens with one attached hydrogen (secondary N) is 1. The molecule has 0 aliphatic carbocycles. The first kappa shape index (κ1) is 17.0. The molecule has 1 N–H and O–H groups in total. The number of carbonyl (C=O) groups is 1. The predicted octanol–water partition coefficient (Wildman–Crippen LogP) is 5.09. The van der Waals surface area contributed by atoms with Gasteiger partial charge >= 0.3 is 0 Å². The van der Waals surface area contributed by atoms with Gasteiger partial charge in [-0.3, -0.25) is 4.79 Å². The zero-order valence-corrected chi connectivity index (χ0v) is 14.4. The highest BCUT2D eigenvalue weighted by molar-refractivity contribution is 5.78. The van der Waals surface area contributed by atoms with E-state index in [1.54, 1.807) is 0 Å². The van der Waals surface area contributed by atoms with Crippen molar-refractivity contribution in [2.24, 2.45) is 0 Å². The Morgan fingerprint density at radius 1 is 0.720 bits per heavy atom. The maximum Gasteiger partial charge on any atom is 0.221 e. The number of hydrogen-bond donors (Lipinski definition) is 1. The Labute approximate surface area is 149 Å². The molecule has 3 aromatic rings. The lowest BCUT2D eigenvalue weighted by Gasteiger charge is -2.20. The van der Waals surface area contributed by atoms with Gasteiger partial charge in [0, 0.05) is 12.3 Å². The minimum atomic E-state index is 0.000830. The van der Waals surface area contributed by atoms with E-state index in [-0.39, 0.29) is 17.9 Å². The molecule has 0 fully saturated rings. The van der Waals surface area contributed by atoms with Crippen molar-refractivity contribution >= 4 is 5.91 Å². The van der Waals surface area contributed by atoms with E-state index in [9.17, 15) is 4.79 Å². The second kappa shape index (κ2) is 8.29. The molecule has 3 aromatic carbocycles. The highest BCUT2D eigenvalue weighted by Gasteiger charge is 2.19. The van der Waals surface area contributed by atoms with Crippen molar-refractivity contribution in [3.05, 3.63) is 108 Å². The maximum absolute atomic E-state index is 12.7. The summed E-state index contributed by atoms with van der Waals surface area (Å²) in [6.07, 6.45) is 0.436. The first-order chi connectivity index (χ1) is 12.2. The molecule has 0 aliphatic heterocycles. The second-order valence-electron chi connectivity index (χ2n) is 6.28. The summed E-state index contributed by atoms with van der Waals surface area (Å²) >= 11 is 0. The minimum Gasteiger partial charge on any atom is -0.350 e. The third-order valence-corrected chi connectivity index (χ3v) is 4.47. The molecule has 0 aromatic heterocycles. The molecule has 0 aliphatic rings. The lowest BCUT2D eigenvalue weighted by Crippen LogP contribution is -2.28. The van der Waals surface area contributed by atoms with Gasteiger partial charge < -0.3 is 5.32 Å². The molecule has 2 heteroatoms. The molecule has 126 valence electrons. The fourth-order valence-electron chi connectivity index (χ4n) is 3.11. The van der Waals surface area contributed by atoms with E-state index >= 15 is 0 Å². The highest BCUT2D eigenvalue weighted by Crippen LogP contribution is 2.28. The molecule has 1 unspecified atom stereocenters. The highest BCUT2D eigenvalue weighted by atomic mass is 16.1. The van der Waals surface area contributed by atoms with Crippen molar-refractivity contribution in [3.8, 4) is 0 Å². The van der Waals surface area contributed by atoms with E-state index in [0.29, 0.717) is 6.42 Å². The van der Waals surface area contributed by atoms with Crippen LogP contribution >= 0.6 is 0 Å². The van der Waals surface area contributed by atoms with Crippen LogP contribution < -0.4 is 5.32 Å². The Balaban J connectivity index is 1.75. The van der Waals surface area contributed by atoms with Crippen LogP contribution in [0.3, 0.4) is 0 Å². The van der Waals surface area contributed by atoms with Gasteiger partial charge in [0.05, 0.1) is 6.04 Å². The molecule has 1 amide bonds.